The number of pyridine rings is 1. The lowest BCUT2D eigenvalue weighted by Gasteiger charge is -2.38. The number of piperazine rings is 1. The van der Waals surface area contributed by atoms with Gasteiger partial charge in [0.05, 0.1) is 6.54 Å². The average molecular weight is 449 g/mol. The van der Waals surface area contributed by atoms with E-state index in [0.717, 1.165) is 55.7 Å². The molecule has 2 aromatic rings. The predicted molar refractivity (Wildman–Crippen MR) is 127 cm³/mol. The molecule has 3 heterocycles. The third-order valence-corrected chi connectivity index (χ3v) is 6.45. The summed E-state index contributed by atoms with van der Waals surface area (Å²) in [5.74, 6) is 0.762. The summed E-state index contributed by atoms with van der Waals surface area (Å²) in [7, 11) is 0. The molecule has 0 unspecified atom stereocenters. The second-order valence-electron chi connectivity index (χ2n) is 8.87. The molecule has 174 valence electrons. The van der Waals surface area contributed by atoms with E-state index in [1.54, 1.807) is 9.80 Å². The standard InChI is InChI=1S/C26H32N4O3/c1-19(31)25(20-8-3-2-4-9-20)30-17-16-29(18-24(30)33)23(32)12-6-5-11-22-14-13-21-10-7-15-27-26(21)28-22/h2-4,8-9,13-14,25H,5-7,10-12,15-18H2,1H3,(H,27,28)/t25-/m1/s1. The van der Waals surface area contributed by atoms with E-state index in [0.29, 0.717) is 19.5 Å². The molecule has 1 atom stereocenters. The van der Waals surface area contributed by atoms with Crippen LogP contribution in [0.25, 0.3) is 0 Å². The number of amides is 2. The van der Waals surface area contributed by atoms with E-state index in [1.807, 2.05) is 30.3 Å². The molecule has 33 heavy (non-hydrogen) atoms. The molecule has 7 heteroatoms. The van der Waals surface area contributed by atoms with Crippen LogP contribution in [0.4, 0.5) is 5.82 Å². The van der Waals surface area contributed by atoms with Gasteiger partial charge in [0.15, 0.2) is 5.78 Å². The van der Waals surface area contributed by atoms with Crippen LogP contribution in [0.5, 0.6) is 0 Å². The van der Waals surface area contributed by atoms with E-state index in [9.17, 15) is 14.4 Å². The number of benzene rings is 1. The zero-order valence-corrected chi connectivity index (χ0v) is 19.3. The Hall–Kier alpha value is -3.22. The number of anilines is 1. The van der Waals surface area contributed by atoms with E-state index >= 15 is 0 Å². The molecule has 4 rings (SSSR count). The van der Waals surface area contributed by atoms with Gasteiger partial charge in [-0.25, -0.2) is 4.98 Å². The molecular formula is C26H32N4O3. The number of nitrogens with zero attached hydrogens (tertiary/aromatic N) is 3. The molecule has 7 nitrogen and oxygen atoms in total. The van der Waals surface area contributed by atoms with Gasteiger partial charge in [-0.2, -0.15) is 0 Å². The maximum absolute atomic E-state index is 12.8. The molecule has 1 N–H and O–H groups in total. The van der Waals surface area contributed by atoms with Gasteiger partial charge in [0.1, 0.15) is 11.9 Å². The Kier molecular flexibility index (Phi) is 7.37. The highest BCUT2D eigenvalue weighted by molar-refractivity contribution is 5.91. The number of fused-ring (bicyclic) bond motifs is 1. The Bertz CT molecular complexity index is 1010. The number of aryl methyl sites for hydroxylation is 2. The van der Waals surface area contributed by atoms with Crippen molar-refractivity contribution < 1.29 is 14.4 Å². The number of carbonyl (C=O) groups is 3. The SMILES string of the molecule is CC(=O)[C@H](c1ccccc1)N1CCN(C(=O)CCCCc2ccc3c(n2)NCCC3)CC1=O. The topological polar surface area (TPSA) is 82.6 Å². The average Bonchev–Trinajstić information content (AvgIpc) is 2.83. The van der Waals surface area contributed by atoms with E-state index in [-0.39, 0.29) is 24.1 Å². The van der Waals surface area contributed by atoms with Crippen molar-refractivity contribution in [3.63, 3.8) is 0 Å². The van der Waals surface area contributed by atoms with E-state index < -0.39 is 6.04 Å². The van der Waals surface area contributed by atoms with Crippen molar-refractivity contribution in [1.29, 1.82) is 0 Å². The summed E-state index contributed by atoms with van der Waals surface area (Å²) in [4.78, 5) is 45.8. The van der Waals surface area contributed by atoms with Crippen molar-refractivity contribution in [2.24, 2.45) is 0 Å². The molecule has 0 spiro atoms. The first-order valence-electron chi connectivity index (χ1n) is 11.9. The number of carbonyl (C=O) groups excluding carboxylic acids is 3. The van der Waals surface area contributed by atoms with Crippen LogP contribution in [0.1, 0.15) is 55.5 Å². The number of ketones is 1. The molecule has 2 aliphatic heterocycles. The van der Waals surface area contributed by atoms with Crippen LogP contribution in [-0.4, -0.2) is 58.6 Å². The highest BCUT2D eigenvalue weighted by Gasteiger charge is 2.34. The lowest BCUT2D eigenvalue weighted by molar-refractivity contribution is -0.149. The quantitative estimate of drug-likeness (QED) is 0.628. The zero-order valence-electron chi connectivity index (χ0n) is 19.3. The number of hydrogen-bond acceptors (Lipinski definition) is 5. The van der Waals surface area contributed by atoms with Crippen molar-refractivity contribution in [3.8, 4) is 0 Å². The zero-order chi connectivity index (χ0) is 23.2. The van der Waals surface area contributed by atoms with Gasteiger partial charge in [0, 0.05) is 31.7 Å². The summed E-state index contributed by atoms with van der Waals surface area (Å²) in [6.45, 7) is 3.35. The number of Topliss-reactive ketones (excluding diaryl/α,β-unsaturated/α-hetero) is 1. The fraction of sp³-hybridized carbons (Fsp3) is 0.462. The Labute approximate surface area is 195 Å². The first-order chi connectivity index (χ1) is 16.0. The number of nitrogens with one attached hydrogen (secondary N) is 1. The van der Waals surface area contributed by atoms with Crippen molar-refractivity contribution in [3.05, 3.63) is 59.3 Å². The molecule has 2 aliphatic rings. The third-order valence-electron chi connectivity index (χ3n) is 6.45. The minimum Gasteiger partial charge on any atom is -0.370 e. The van der Waals surface area contributed by atoms with Gasteiger partial charge < -0.3 is 15.1 Å². The molecule has 0 radical (unpaired) electrons. The first-order valence-corrected chi connectivity index (χ1v) is 11.9. The van der Waals surface area contributed by atoms with Crippen LogP contribution in [0.2, 0.25) is 0 Å². The second kappa shape index (κ2) is 10.6. The van der Waals surface area contributed by atoms with E-state index in [4.69, 9.17) is 4.98 Å². The summed E-state index contributed by atoms with van der Waals surface area (Å²) in [6.07, 6.45) is 5.13. The van der Waals surface area contributed by atoms with Crippen LogP contribution in [0, 0.1) is 0 Å². The second-order valence-corrected chi connectivity index (χ2v) is 8.87. The molecule has 1 fully saturated rings. The Balaban J connectivity index is 1.25. The largest absolute Gasteiger partial charge is 0.370 e. The van der Waals surface area contributed by atoms with E-state index in [2.05, 4.69) is 17.4 Å². The summed E-state index contributed by atoms with van der Waals surface area (Å²) in [6, 6.07) is 13.0. The van der Waals surface area contributed by atoms with Crippen LogP contribution < -0.4 is 5.32 Å². The number of aromatic nitrogens is 1. The van der Waals surface area contributed by atoms with Gasteiger partial charge in [-0.05, 0) is 56.2 Å². The third kappa shape index (κ3) is 5.59. The Morgan fingerprint density at radius 2 is 1.91 bits per heavy atom. The van der Waals surface area contributed by atoms with Gasteiger partial charge in [0.25, 0.3) is 0 Å². The predicted octanol–water partition coefficient (Wildman–Crippen LogP) is 3.15. The van der Waals surface area contributed by atoms with Crippen molar-refractivity contribution in [1.82, 2.24) is 14.8 Å². The maximum atomic E-state index is 12.8. The number of unbranched alkanes of at least 4 members (excludes halogenated alkanes) is 1. The van der Waals surface area contributed by atoms with Crippen molar-refractivity contribution in [2.75, 3.05) is 31.5 Å². The van der Waals surface area contributed by atoms with Crippen LogP contribution >= 0.6 is 0 Å². The fourth-order valence-corrected chi connectivity index (χ4v) is 4.69. The summed E-state index contributed by atoms with van der Waals surface area (Å²) in [5, 5.41) is 3.36. The highest BCUT2D eigenvalue weighted by Crippen LogP contribution is 2.24. The van der Waals surface area contributed by atoms with Gasteiger partial charge in [0.2, 0.25) is 11.8 Å². The minimum absolute atomic E-state index is 0.00199. The Morgan fingerprint density at radius 1 is 1.09 bits per heavy atom. The molecule has 1 saturated heterocycles. The molecule has 1 aromatic heterocycles. The lowest BCUT2D eigenvalue weighted by Crippen LogP contribution is -2.54. The molecule has 0 bridgehead atoms. The molecule has 2 amide bonds. The van der Waals surface area contributed by atoms with Crippen LogP contribution in [0.3, 0.4) is 0 Å². The molecular weight excluding hydrogens is 416 g/mol. The number of rotatable bonds is 8. The van der Waals surface area contributed by atoms with Crippen molar-refractivity contribution >= 4 is 23.4 Å². The van der Waals surface area contributed by atoms with Gasteiger partial charge >= 0.3 is 0 Å². The molecule has 0 aliphatic carbocycles. The smallest absolute Gasteiger partial charge is 0.243 e. The minimum atomic E-state index is -0.588. The fourth-order valence-electron chi connectivity index (χ4n) is 4.69. The van der Waals surface area contributed by atoms with Gasteiger partial charge in [-0.3, -0.25) is 14.4 Å². The van der Waals surface area contributed by atoms with Crippen LogP contribution in [-0.2, 0) is 27.2 Å². The van der Waals surface area contributed by atoms with Crippen molar-refractivity contribution in [2.45, 2.75) is 51.5 Å². The van der Waals surface area contributed by atoms with Gasteiger partial charge in [-0.1, -0.05) is 36.4 Å². The normalized spacial score (nSPS) is 16.7. The number of hydrogen-bond donors (Lipinski definition) is 1. The van der Waals surface area contributed by atoms with E-state index in [1.165, 1.54) is 12.5 Å². The Morgan fingerprint density at radius 3 is 2.67 bits per heavy atom. The maximum Gasteiger partial charge on any atom is 0.243 e. The highest BCUT2D eigenvalue weighted by atomic mass is 16.2. The summed E-state index contributed by atoms with van der Waals surface area (Å²) < 4.78 is 0. The lowest BCUT2D eigenvalue weighted by atomic mass is 10.0. The molecule has 1 aromatic carbocycles. The van der Waals surface area contributed by atoms with Gasteiger partial charge in [-0.15, -0.1) is 0 Å². The summed E-state index contributed by atoms with van der Waals surface area (Å²) in [5.41, 5.74) is 3.14. The van der Waals surface area contributed by atoms with Crippen LogP contribution in [0.15, 0.2) is 42.5 Å². The monoisotopic (exact) mass is 448 g/mol. The molecule has 0 saturated carbocycles. The summed E-state index contributed by atoms with van der Waals surface area (Å²) >= 11 is 0. The first kappa shape index (κ1) is 23.0.